The maximum absolute atomic E-state index is 11.6. The highest BCUT2D eigenvalue weighted by Gasteiger charge is 2.46. The molecule has 0 aromatic rings. The highest BCUT2D eigenvalue weighted by molar-refractivity contribution is 6.06. The molecule has 1 saturated heterocycles. The van der Waals surface area contributed by atoms with Gasteiger partial charge in [-0.05, 0) is 26.8 Å². The molecule has 74 valence electrons. The number of hydrogen-bond acceptors (Lipinski definition) is 3. The van der Waals surface area contributed by atoms with Crippen LogP contribution in [-0.4, -0.2) is 35.5 Å². The summed E-state index contributed by atoms with van der Waals surface area (Å²) in [4.78, 5) is 24.1. The van der Waals surface area contributed by atoms with Gasteiger partial charge < -0.3 is 11.1 Å². The van der Waals surface area contributed by atoms with Crippen molar-refractivity contribution in [2.45, 2.75) is 25.8 Å². The number of rotatable bonds is 3. The molecular formula is C8H15N3O2. The monoisotopic (exact) mass is 185 g/mol. The van der Waals surface area contributed by atoms with E-state index in [1.807, 2.05) is 0 Å². The number of imide groups is 1. The van der Waals surface area contributed by atoms with Gasteiger partial charge in [0.2, 0.25) is 0 Å². The Kier molecular flexibility index (Phi) is 2.56. The second kappa shape index (κ2) is 3.33. The molecule has 0 spiro atoms. The van der Waals surface area contributed by atoms with Crippen molar-refractivity contribution in [3.8, 4) is 0 Å². The SMILES string of the molecule is CCN1C(=O)NC(C)(CCN)C1=O. The van der Waals surface area contributed by atoms with Gasteiger partial charge in [0.15, 0.2) is 0 Å². The lowest BCUT2D eigenvalue weighted by Gasteiger charge is -2.19. The first kappa shape index (κ1) is 9.98. The van der Waals surface area contributed by atoms with Crippen molar-refractivity contribution >= 4 is 11.9 Å². The topological polar surface area (TPSA) is 75.4 Å². The molecule has 0 bridgehead atoms. The van der Waals surface area contributed by atoms with Crippen LogP contribution >= 0.6 is 0 Å². The Hall–Kier alpha value is -1.10. The third-order valence-corrected chi connectivity index (χ3v) is 2.31. The summed E-state index contributed by atoms with van der Waals surface area (Å²) >= 11 is 0. The summed E-state index contributed by atoms with van der Waals surface area (Å²) in [6, 6.07) is -0.316. The Morgan fingerprint density at radius 1 is 1.54 bits per heavy atom. The predicted molar refractivity (Wildman–Crippen MR) is 48.0 cm³/mol. The minimum atomic E-state index is -0.790. The van der Waals surface area contributed by atoms with Crippen LogP contribution in [0, 0.1) is 0 Å². The van der Waals surface area contributed by atoms with E-state index in [1.165, 1.54) is 4.90 Å². The Bertz CT molecular complexity index is 242. The van der Waals surface area contributed by atoms with Gasteiger partial charge in [-0.2, -0.15) is 0 Å². The smallest absolute Gasteiger partial charge is 0.325 e. The average molecular weight is 185 g/mol. The number of nitrogens with one attached hydrogen (secondary N) is 1. The summed E-state index contributed by atoms with van der Waals surface area (Å²) in [7, 11) is 0. The van der Waals surface area contributed by atoms with E-state index in [0.29, 0.717) is 19.5 Å². The zero-order valence-electron chi connectivity index (χ0n) is 7.96. The van der Waals surface area contributed by atoms with Gasteiger partial charge in [-0.25, -0.2) is 4.79 Å². The molecule has 0 radical (unpaired) electrons. The fourth-order valence-electron chi connectivity index (χ4n) is 1.49. The largest absolute Gasteiger partial charge is 0.330 e. The molecule has 1 aliphatic rings. The zero-order valence-corrected chi connectivity index (χ0v) is 7.96. The normalized spacial score (nSPS) is 28.1. The van der Waals surface area contributed by atoms with Gasteiger partial charge in [0.25, 0.3) is 5.91 Å². The number of nitrogens with zero attached hydrogens (tertiary/aromatic N) is 1. The van der Waals surface area contributed by atoms with E-state index in [-0.39, 0.29) is 11.9 Å². The van der Waals surface area contributed by atoms with Crippen LogP contribution in [0.25, 0.3) is 0 Å². The molecule has 1 aliphatic heterocycles. The molecule has 3 N–H and O–H groups in total. The minimum Gasteiger partial charge on any atom is -0.330 e. The number of likely N-dealkylation sites (N-methyl/N-ethyl adjacent to an activating group) is 1. The van der Waals surface area contributed by atoms with Crippen molar-refractivity contribution in [3.05, 3.63) is 0 Å². The van der Waals surface area contributed by atoms with Gasteiger partial charge >= 0.3 is 6.03 Å². The summed E-state index contributed by atoms with van der Waals surface area (Å²) < 4.78 is 0. The lowest BCUT2D eigenvalue weighted by atomic mass is 9.98. The van der Waals surface area contributed by atoms with E-state index in [4.69, 9.17) is 5.73 Å². The number of hydrogen-bond donors (Lipinski definition) is 2. The molecule has 1 rings (SSSR count). The molecular weight excluding hydrogens is 170 g/mol. The van der Waals surface area contributed by atoms with E-state index in [0.717, 1.165) is 0 Å². The highest BCUT2D eigenvalue weighted by Crippen LogP contribution is 2.19. The molecule has 5 nitrogen and oxygen atoms in total. The minimum absolute atomic E-state index is 0.176. The summed E-state index contributed by atoms with van der Waals surface area (Å²) in [6.45, 7) is 4.27. The second-order valence-electron chi connectivity index (χ2n) is 3.35. The Morgan fingerprint density at radius 3 is 2.54 bits per heavy atom. The molecule has 0 aliphatic carbocycles. The van der Waals surface area contributed by atoms with Crippen LogP contribution in [0.2, 0.25) is 0 Å². The average Bonchev–Trinajstić information content (AvgIpc) is 2.24. The van der Waals surface area contributed by atoms with Crippen LogP contribution in [0.15, 0.2) is 0 Å². The number of urea groups is 1. The second-order valence-corrected chi connectivity index (χ2v) is 3.35. The zero-order chi connectivity index (χ0) is 10.1. The first-order chi connectivity index (χ1) is 6.05. The van der Waals surface area contributed by atoms with Gasteiger partial charge in [-0.15, -0.1) is 0 Å². The standard InChI is InChI=1S/C8H15N3O2/c1-3-11-6(12)8(2,4-5-9)10-7(11)13/h3-5,9H2,1-2H3,(H,10,13). The van der Waals surface area contributed by atoms with Crippen LogP contribution in [-0.2, 0) is 4.79 Å². The molecule has 0 aromatic carbocycles. The molecule has 3 amide bonds. The van der Waals surface area contributed by atoms with E-state index >= 15 is 0 Å². The Morgan fingerprint density at radius 2 is 2.15 bits per heavy atom. The third kappa shape index (κ3) is 1.51. The lowest BCUT2D eigenvalue weighted by molar-refractivity contribution is -0.130. The van der Waals surface area contributed by atoms with E-state index in [1.54, 1.807) is 13.8 Å². The van der Waals surface area contributed by atoms with Gasteiger partial charge in [-0.1, -0.05) is 0 Å². The van der Waals surface area contributed by atoms with Gasteiger partial charge in [-0.3, -0.25) is 9.69 Å². The van der Waals surface area contributed by atoms with Gasteiger partial charge in [0.05, 0.1) is 0 Å². The molecule has 0 saturated carbocycles. The van der Waals surface area contributed by atoms with Crippen LogP contribution in [0.4, 0.5) is 4.79 Å². The molecule has 13 heavy (non-hydrogen) atoms. The summed E-state index contributed by atoms with van der Waals surface area (Å²) in [5.74, 6) is -0.176. The third-order valence-electron chi connectivity index (χ3n) is 2.31. The molecule has 0 aromatic heterocycles. The van der Waals surface area contributed by atoms with Crippen molar-refractivity contribution in [3.63, 3.8) is 0 Å². The van der Waals surface area contributed by atoms with E-state index in [9.17, 15) is 9.59 Å². The number of nitrogens with two attached hydrogens (primary N) is 1. The van der Waals surface area contributed by atoms with Crippen molar-refractivity contribution in [1.82, 2.24) is 10.2 Å². The fraction of sp³-hybridized carbons (Fsp3) is 0.750. The summed E-state index contributed by atoms with van der Waals surface area (Å²) in [6.07, 6.45) is 0.480. The maximum atomic E-state index is 11.6. The van der Waals surface area contributed by atoms with Gasteiger partial charge in [0.1, 0.15) is 5.54 Å². The Labute approximate surface area is 77.3 Å². The van der Waals surface area contributed by atoms with E-state index < -0.39 is 5.54 Å². The predicted octanol–water partition coefficient (Wildman–Crippen LogP) is -0.334. The molecule has 5 heteroatoms. The van der Waals surface area contributed by atoms with Crippen LogP contribution < -0.4 is 11.1 Å². The molecule has 1 atom stereocenters. The molecule has 1 fully saturated rings. The Balaban J connectivity index is 2.83. The van der Waals surface area contributed by atoms with Gasteiger partial charge in [0, 0.05) is 6.54 Å². The van der Waals surface area contributed by atoms with Crippen LogP contribution in [0.3, 0.4) is 0 Å². The van der Waals surface area contributed by atoms with Crippen LogP contribution in [0.5, 0.6) is 0 Å². The fourth-order valence-corrected chi connectivity index (χ4v) is 1.49. The lowest BCUT2D eigenvalue weighted by Crippen LogP contribution is -2.45. The van der Waals surface area contributed by atoms with Crippen molar-refractivity contribution in [2.24, 2.45) is 5.73 Å². The molecule has 1 unspecified atom stereocenters. The number of carbonyl (C=O) groups is 2. The summed E-state index contributed by atoms with van der Waals surface area (Å²) in [5, 5.41) is 2.64. The summed E-state index contributed by atoms with van der Waals surface area (Å²) in [5.41, 5.74) is 4.58. The highest BCUT2D eigenvalue weighted by atomic mass is 16.2. The molecule has 1 heterocycles. The van der Waals surface area contributed by atoms with Crippen molar-refractivity contribution in [1.29, 1.82) is 0 Å². The van der Waals surface area contributed by atoms with Crippen molar-refractivity contribution < 1.29 is 9.59 Å². The number of amides is 3. The first-order valence-electron chi connectivity index (χ1n) is 4.39. The first-order valence-corrected chi connectivity index (χ1v) is 4.39. The quantitative estimate of drug-likeness (QED) is 0.591. The maximum Gasteiger partial charge on any atom is 0.325 e. The van der Waals surface area contributed by atoms with Crippen LogP contribution in [0.1, 0.15) is 20.3 Å². The van der Waals surface area contributed by atoms with E-state index in [2.05, 4.69) is 5.32 Å². The van der Waals surface area contributed by atoms with Crippen molar-refractivity contribution in [2.75, 3.05) is 13.1 Å². The number of carbonyl (C=O) groups excluding carboxylic acids is 2.